The summed E-state index contributed by atoms with van der Waals surface area (Å²) in [6.45, 7) is 4.02. The normalized spacial score (nSPS) is 11.0. The third kappa shape index (κ3) is 5.28. The lowest BCUT2D eigenvalue weighted by molar-refractivity contribution is 0.0354. The Bertz CT molecular complexity index is 637. The van der Waals surface area contributed by atoms with Crippen LogP contribution in [0.1, 0.15) is 26.7 Å². The summed E-state index contributed by atoms with van der Waals surface area (Å²) in [4.78, 5) is 11.9. The van der Waals surface area contributed by atoms with Gasteiger partial charge in [-0.2, -0.15) is 0 Å². The minimum atomic E-state index is -0.856. The molecule has 0 aliphatic heterocycles. The molecule has 2 aromatic carbocycles. The average Bonchev–Trinajstić information content (AvgIpc) is 2.62. The zero-order valence-electron chi connectivity index (χ0n) is 14.1. The number of hydrogen-bond donors (Lipinski definition) is 3. The van der Waals surface area contributed by atoms with Gasteiger partial charge in [-0.15, -0.1) is 0 Å². The van der Waals surface area contributed by atoms with Crippen molar-refractivity contribution in [2.45, 2.75) is 32.3 Å². The minimum Gasteiger partial charge on any atom is -0.457 e. The summed E-state index contributed by atoms with van der Waals surface area (Å²) in [5.41, 5.74) is -0.200. The first-order chi connectivity index (χ1) is 11.5. The molecule has 0 unspecified atom stereocenters. The highest BCUT2D eigenvalue weighted by atomic mass is 16.5. The molecule has 0 saturated heterocycles. The van der Waals surface area contributed by atoms with E-state index in [0.717, 1.165) is 5.75 Å². The predicted molar refractivity (Wildman–Crippen MR) is 95.5 cm³/mol. The molecule has 0 bridgehead atoms. The van der Waals surface area contributed by atoms with Gasteiger partial charge < -0.3 is 20.5 Å². The van der Waals surface area contributed by atoms with Gasteiger partial charge in [-0.05, 0) is 49.2 Å². The molecule has 0 radical (unpaired) electrons. The number of nitrogens with one attached hydrogen (secondary N) is 2. The molecule has 5 nitrogen and oxygen atoms in total. The van der Waals surface area contributed by atoms with Crippen LogP contribution in [0.25, 0.3) is 0 Å². The second-order valence-corrected chi connectivity index (χ2v) is 5.68. The van der Waals surface area contributed by atoms with Gasteiger partial charge in [0.25, 0.3) is 0 Å². The Morgan fingerprint density at radius 1 is 1.00 bits per heavy atom. The van der Waals surface area contributed by atoms with E-state index in [2.05, 4.69) is 10.6 Å². The van der Waals surface area contributed by atoms with E-state index in [-0.39, 0.29) is 12.6 Å². The number of rotatable bonds is 7. The molecule has 0 saturated carbocycles. The molecule has 0 aliphatic rings. The van der Waals surface area contributed by atoms with Gasteiger partial charge in [-0.1, -0.05) is 32.0 Å². The number of carbonyl (C=O) groups excluding carboxylic acids is 1. The first-order valence-corrected chi connectivity index (χ1v) is 8.15. The van der Waals surface area contributed by atoms with E-state index < -0.39 is 5.60 Å². The summed E-state index contributed by atoms with van der Waals surface area (Å²) in [6, 6.07) is 16.3. The van der Waals surface area contributed by atoms with Crippen LogP contribution in [0.15, 0.2) is 54.6 Å². The number of hydrogen-bond acceptors (Lipinski definition) is 3. The fourth-order valence-electron chi connectivity index (χ4n) is 2.15. The van der Waals surface area contributed by atoms with Crippen LogP contribution in [0.3, 0.4) is 0 Å². The SMILES string of the molecule is CCC(O)(CC)CNC(=O)Nc1ccc(Oc2ccccc2)cc1. The smallest absolute Gasteiger partial charge is 0.319 e. The summed E-state index contributed by atoms with van der Waals surface area (Å²) in [7, 11) is 0. The van der Waals surface area contributed by atoms with Crippen molar-refractivity contribution in [3.63, 3.8) is 0 Å². The van der Waals surface area contributed by atoms with Gasteiger partial charge in [0.1, 0.15) is 11.5 Å². The van der Waals surface area contributed by atoms with Gasteiger partial charge in [-0.3, -0.25) is 0 Å². The van der Waals surface area contributed by atoms with Crippen LogP contribution in [0.4, 0.5) is 10.5 Å². The maximum Gasteiger partial charge on any atom is 0.319 e. The van der Waals surface area contributed by atoms with Crippen molar-refractivity contribution >= 4 is 11.7 Å². The van der Waals surface area contributed by atoms with Gasteiger partial charge in [0.2, 0.25) is 0 Å². The van der Waals surface area contributed by atoms with Gasteiger partial charge in [0, 0.05) is 12.2 Å². The van der Waals surface area contributed by atoms with Crippen molar-refractivity contribution in [2.75, 3.05) is 11.9 Å². The molecule has 5 heteroatoms. The van der Waals surface area contributed by atoms with Crippen LogP contribution in [0, 0.1) is 0 Å². The predicted octanol–water partition coefficient (Wildman–Crippen LogP) is 4.15. The number of benzene rings is 2. The summed E-state index contributed by atoms with van der Waals surface area (Å²) in [5.74, 6) is 1.45. The van der Waals surface area contributed by atoms with Crippen LogP contribution < -0.4 is 15.4 Å². The molecule has 2 amide bonds. The molecule has 2 aromatic rings. The van der Waals surface area contributed by atoms with E-state index >= 15 is 0 Å². The maximum absolute atomic E-state index is 11.9. The van der Waals surface area contributed by atoms with Crippen LogP contribution in [-0.2, 0) is 0 Å². The second kappa shape index (κ2) is 8.36. The number of para-hydroxylation sites is 1. The van der Waals surface area contributed by atoms with E-state index in [1.54, 1.807) is 24.3 Å². The molecule has 0 atom stereocenters. The van der Waals surface area contributed by atoms with Gasteiger partial charge >= 0.3 is 6.03 Å². The van der Waals surface area contributed by atoms with Gasteiger partial charge in [-0.25, -0.2) is 4.79 Å². The molecular weight excluding hydrogens is 304 g/mol. The van der Waals surface area contributed by atoms with Gasteiger partial charge in [0.05, 0.1) is 5.60 Å². The second-order valence-electron chi connectivity index (χ2n) is 5.68. The van der Waals surface area contributed by atoms with Crippen molar-refractivity contribution in [1.82, 2.24) is 5.32 Å². The largest absolute Gasteiger partial charge is 0.457 e. The zero-order valence-corrected chi connectivity index (χ0v) is 14.1. The van der Waals surface area contributed by atoms with Crippen LogP contribution >= 0.6 is 0 Å². The summed E-state index contributed by atoms with van der Waals surface area (Å²) < 4.78 is 5.70. The highest BCUT2D eigenvalue weighted by Gasteiger charge is 2.22. The Hall–Kier alpha value is -2.53. The number of amides is 2. The summed E-state index contributed by atoms with van der Waals surface area (Å²) >= 11 is 0. The Labute approximate surface area is 142 Å². The van der Waals surface area contributed by atoms with E-state index in [4.69, 9.17) is 4.74 Å². The van der Waals surface area contributed by atoms with Crippen LogP contribution in [0.2, 0.25) is 0 Å². The molecule has 3 N–H and O–H groups in total. The monoisotopic (exact) mass is 328 g/mol. The molecule has 24 heavy (non-hydrogen) atoms. The number of aliphatic hydroxyl groups is 1. The van der Waals surface area contributed by atoms with E-state index in [9.17, 15) is 9.90 Å². The first kappa shape index (κ1) is 17.8. The highest BCUT2D eigenvalue weighted by Crippen LogP contribution is 2.22. The van der Waals surface area contributed by atoms with Crippen molar-refractivity contribution < 1.29 is 14.6 Å². The van der Waals surface area contributed by atoms with E-state index in [0.29, 0.717) is 24.3 Å². The van der Waals surface area contributed by atoms with Crippen molar-refractivity contribution in [1.29, 1.82) is 0 Å². The Morgan fingerprint density at radius 2 is 1.58 bits per heavy atom. The Balaban J connectivity index is 1.86. The molecule has 0 aliphatic carbocycles. The van der Waals surface area contributed by atoms with E-state index in [1.165, 1.54) is 0 Å². The lowest BCUT2D eigenvalue weighted by atomic mass is 9.98. The first-order valence-electron chi connectivity index (χ1n) is 8.15. The average molecular weight is 328 g/mol. The van der Waals surface area contributed by atoms with Crippen LogP contribution in [0.5, 0.6) is 11.5 Å². The molecule has 2 rings (SSSR count). The summed E-state index contributed by atoms with van der Waals surface area (Å²) in [5, 5.41) is 15.6. The molecule has 0 heterocycles. The maximum atomic E-state index is 11.9. The Morgan fingerprint density at radius 3 is 2.17 bits per heavy atom. The van der Waals surface area contributed by atoms with Gasteiger partial charge in [0.15, 0.2) is 0 Å². The topological polar surface area (TPSA) is 70.6 Å². The lowest BCUT2D eigenvalue weighted by Gasteiger charge is -2.25. The standard InChI is InChI=1S/C19H24N2O3/c1-3-19(23,4-2)14-20-18(22)21-15-10-12-17(13-11-15)24-16-8-6-5-7-9-16/h5-13,23H,3-4,14H2,1-2H3,(H2,20,21,22). The fraction of sp³-hybridized carbons (Fsp3) is 0.316. The van der Waals surface area contributed by atoms with Crippen molar-refractivity contribution in [2.24, 2.45) is 0 Å². The lowest BCUT2D eigenvalue weighted by Crippen LogP contribution is -2.43. The van der Waals surface area contributed by atoms with Crippen LogP contribution in [-0.4, -0.2) is 23.3 Å². The Kier molecular flexibility index (Phi) is 6.21. The highest BCUT2D eigenvalue weighted by molar-refractivity contribution is 5.89. The third-order valence-electron chi connectivity index (χ3n) is 3.99. The number of carbonyl (C=O) groups is 1. The quantitative estimate of drug-likeness (QED) is 0.715. The molecule has 128 valence electrons. The van der Waals surface area contributed by atoms with Crippen molar-refractivity contribution in [3.05, 3.63) is 54.6 Å². The number of anilines is 1. The number of urea groups is 1. The number of ether oxygens (including phenoxy) is 1. The van der Waals surface area contributed by atoms with Crippen molar-refractivity contribution in [3.8, 4) is 11.5 Å². The minimum absolute atomic E-state index is 0.223. The zero-order chi connectivity index (χ0) is 17.4. The fourth-order valence-corrected chi connectivity index (χ4v) is 2.15. The third-order valence-corrected chi connectivity index (χ3v) is 3.99. The molecule has 0 fully saturated rings. The van der Waals surface area contributed by atoms with E-state index in [1.807, 2.05) is 44.2 Å². The molecule has 0 spiro atoms. The summed E-state index contributed by atoms with van der Waals surface area (Å²) in [6.07, 6.45) is 1.19. The molecular formula is C19H24N2O3. The molecule has 0 aromatic heterocycles.